The highest BCUT2D eigenvalue weighted by atomic mass is 16.3. The summed E-state index contributed by atoms with van der Waals surface area (Å²) in [7, 11) is 0. The van der Waals surface area contributed by atoms with Gasteiger partial charge in [0.15, 0.2) is 0 Å². The summed E-state index contributed by atoms with van der Waals surface area (Å²) in [4.78, 5) is 0. The lowest BCUT2D eigenvalue weighted by Gasteiger charge is -2.03. The quantitative estimate of drug-likeness (QED) is 0.738. The highest BCUT2D eigenvalue weighted by molar-refractivity contribution is 5.73. The minimum atomic E-state index is -0.398. The number of para-hydroxylation sites is 1. The Hall–Kier alpha value is -1.42. The van der Waals surface area contributed by atoms with Crippen molar-refractivity contribution in [2.75, 3.05) is 0 Å². The van der Waals surface area contributed by atoms with Gasteiger partial charge in [-0.25, -0.2) is 4.68 Å². The Balaban J connectivity index is 2.46. The molecule has 0 amide bonds. The summed E-state index contributed by atoms with van der Waals surface area (Å²) < 4.78 is 1.71. The van der Waals surface area contributed by atoms with Crippen LogP contribution in [0, 0.1) is 0 Å². The van der Waals surface area contributed by atoms with Crippen LogP contribution in [0.1, 0.15) is 6.92 Å². The lowest BCUT2D eigenvalue weighted by Crippen LogP contribution is -2.12. The van der Waals surface area contributed by atoms with Gasteiger partial charge in [-0.05, 0) is 19.1 Å². The molecule has 2 aromatic rings. The molecule has 0 aliphatic heterocycles. The Morgan fingerprint density at radius 1 is 1.46 bits per heavy atom. The Labute approximate surface area is 75.8 Å². The third-order valence-corrected chi connectivity index (χ3v) is 1.86. The van der Waals surface area contributed by atoms with Crippen LogP contribution in [0.2, 0.25) is 0 Å². The standard InChI is InChI=1S/C9H11N3O/c1-7(13)6-12-9-5-3-2-4-8(9)10-11-12/h2-5,7,13H,6H2,1H3/t7-/m0/s1. The number of aromatic nitrogens is 3. The lowest BCUT2D eigenvalue weighted by molar-refractivity contribution is 0.169. The van der Waals surface area contributed by atoms with Gasteiger partial charge in [0.1, 0.15) is 5.52 Å². The molecule has 0 spiro atoms. The topological polar surface area (TPSA) is 50.9 Å². The van der Waals surface area contributed by atoms with Crippen molar-refractivity contribution in [3.05, 3.63) is 24.3 Å². The minimum Gasteiger partial charge on any atom is -0.391 e. The number of nitrogens with zero attached hydrogens (tertiary/aromatic N) is 3. The Bertz CT molecular complexity index is 408. The highest BCUT2D eigenvalue weighted by Crippen LogP contribution is 2.09. The SMILES string of the molecule is C[C@H](O)Cn1nnc2ccccc21. The first kappa shape index (κ1) is 8.19. The number of benzene rings is 1. The zero-order valence-electron chi connectivity index (χ0n) is 7.38. The molecule has 13 heavy (non-hydrogen) atoms. The maximum atomic E-state index is 9.20. The van der Waals surface area contributed by atoms with E-state index in [0.29, 0.717) is 6.54 Å². The van der Waals surface area contributed by atoms with Crippen LogP contribution in [-0.4, -0.2) is 26.2 Å². The molecule has 0 saturated carbocycles. The van der Waals surface area contributed by atoms with Crippen LogP contribution in [0.15, 0.2) is 24.3 Å². The first-order valence-corrected chi connectivity index (χ1v) is 4.23. The van der Waals surface area contributed by atoms with Crippen LogP contribution in [-0.2, 0) is 6.54 Å². The fourth-order valence-corrected chi connectivity index (χ4v) is 1.30. The van der Waals surface area contributed by atoms with Crippen molar-refractivity contribution in [1.82, 2.24) is 15.0 Å². The van der Waals surface area contributed by atoms with Gasteiger partial charge < -0.3 is 5.11 Å². The molecule has 0 aliphatic carbocycles. The van der Waals surface area contributed by atoms with Gasteiger partial charge in [-0.1, -0.05) is 17.3 Å². The van der Waals surface area contributed by atoms with Gasteiger partial charge in [0.25, 0.3) is 0 Å². The van der Waals surface area contributed by atoms with Crippen LogP contribution in [0.4, 0.5) is 0 Å². The second-order valence-corrected chi connectivity index (χ2v) is 3.11. The monoisotopic (exact) mass is 177 g/mol. The smallest absolute Gasteiger partial charge is 0.113 e. The number of hydrogen-bond donors (Lipinski definition) is 1. The van der Waals surface area contributed by atoms with E-state index in [1.807, 2.05) is 24.3 Å². The van der Waals surface area contributed by atoms with E-state index in [1.165, 1.54) is 0 Å². The van der Waals surface area contributed by atoms with Crippen molar-refractivity contribution in [1.29, 1.82) is 0 Å². The molecule has 0 radical (unpaired) electrons. The predicted molar refractivity (Wildman–Crippen MR) is 49.2 cm³/mol. The summed E-state index contributed by atoms with van der Waals surface area (Å²) in [5.41, 5.74) is 1.83. The molecule has 68 valence electrons. The third-order valence-electron chi connectivity index (χ3n) is 1.86. The van der Waals surface area contributed by atoms with E-state index in [-0.39, 0.29) is 0 Å². The van der Waals surface area contributed by atoms with Crippen molar-refractivity contribution >= 4 is 11.0 Å². The fourth-order valence-electron chi connectivity index (χ4n) is 1.30. The second kappa shape index (κ2) is 3.14. The number of fused-ring (bicyclic) bond motifs is 1. The summed E-state index contributed by atoms with van der Waals surface area (Å²) >= 11 is 0. The zero-order chi connectivity index (χ0) is 9.26. The summed E-state index contributed by atoms with van der Waals surface area (Å²) in [5.74, 6) is 0. The van der Waals surface area contributed by atoms with Gasteiger partial charge in [-0.3, -0.25) is 0 Å². The summed E-state index contributed by atoms with van der Waals surface area (Å²) in [5, 5.41) is 17.1. The summed E-state index contributed by atoms with van der Waals surface area (Å²) in [6, 6.07) is 7.70. The maximum absolute atomic E-state index is 9.20. The van der Waals surface area contributed by atoms with Crippen LogP contribution in [0.25, 0.3) is 11.0 Å². The van der Waals surface area contributed by atoms with Gasteiger partial charge in [0.2, 0.25) is 0 Å². The van der Waals surface area contributed by atoms with Crippen molar-refractivity contribution in [3.8, 4) is 0 Å². The Kier molecular flexibility index (Phi) is 1.98. The zero-order valence-corrected chi connectivity index (χ0v) is 7.38. The van der Waals surface area contributed by atoms with Gasteiger partial charge in [0.05, 0.1) is 18.2 Å². The molecule has 0 aliphatic rings. The molecular weight excluding hydrogens is 166 g/mol. The van der Waals surface area contributed by atoms with Crippen LogP contribution >= 0.6 is 0 Å². The molecule has 1 aromatic heterocycles. The Morgan fingerprint density at radius 2 is 2.23 bits per heavy atom. The van der Waals surface area contributed by atoms with E-state index >= 15 is 0 Å². The summed E-state index contributed by atoms with van der Waals surface area (Å²) in [6.45, 7) is 2.22. The van der Waals surface area contributed by atoms with Crippen molar-refractivity contribution in [2.24, 2.45) is 0 Å². The molecule has 0 saturated heterocycles. The molecule has 1 atom stereocenters. The van der Waals surface area contributed by atoms with E-state index < -0.39 is 6.10 Å². The number of aliphatic hydroxyl groups is 1. The van der Waals surface area contributed by atoms with Crippen molar-refractivity contribution in [3.63, 3.8) is 0 Å². The van der Waals surface area contributed by atoms with Crippen molar-refractivity contribution in [2.45, 2.75) is 19.6 Å². The fraction of sp³-hybridized carbons (Fsp3) is 0.333. The molecule has 4 heteroatoms. The van der Waals surface area contributed by atoms with E-state index in [9.17, 15) is 5.11 Å². The molecule has 0 bridgehead atoms. The molecule has 0 unspecified atom stereocenters. The first-order valence-electron chi connectivity index (χ1n) is 4.23. The first-order chi connectivity index (χ1) is 6.27. The number of hydrogen-bond acceptors (Lipinski definition) is 3. The van der Waals surface area contributed by atoms with E-state index in [2.05, 4.69) is 10.3 Å². The molecule has 1 aromatic carbocycles. The number of aliphatic hydroxyl groups excluding tert-OH is 1. The van der Waals surface area contributed by atoms with Gasteiger partial charge >= 0.3 is 0 Å². The average Bonchev–Trinajstić information content (AvgIpc) is 2.48. The van der Waals surface area contributed by atoms with E-state index in [4.69, 9.17) is 0 Å². The minimum absolute atomic E-state index is 0.398. The second-order valence-electron chi connectivity index (χ2n) is 3.11. The van der Waals surface area contributed by atoms with Crippen LogP contribution in [0.3, 0.4) is 0 Å². The molecular formula is C9H11N3O. The molecule has 4 nitrogen and oxygen atoms in total. The highest BCUT2D eigenvalue weighted by Gasteiger charge is 2.04. The van der Waals surface area contributed by atoms with Crippen LogP contribution in [0.5, 0.6) is 0 Å². The third kappa shape index (κ3) is 1.53. The van der Waals surface area contributed by atoms with Gasteiger partial charge in [-0.15, -0.1) is 5.10 Å². The van der Waals surface area contributed by atoms with Gasteiger partial charge in [0, 0.05) is 0 Å². The lowest BCUT2D eigenvalue weighted by atomic mass is 10.3. The molecule has 1 N–H and O–H groups in total. The van der Waals surface area contributed by atoms with Crippen LogP contribution < -0.4 is 0 Å². The summed E-state index contributed by atoms with van der Waals surface area (Å²) in [6.07, 6.45) is -0.398. The normalized spacial score (nSPS) is 13.4. The van der Waals surface area contributed by atoms with Crippen molar-refractivity contribution < 1.29 is 5.11 Å². The predicted octanol–water partition coefficient (Wildman–Crippen LogP) is 0.812. The Morgan fingerprint density at radius 3 is 3.00 bits per heavy atom. The maximum Gasteiger partial charge on any atom is 0.113 e. The average molecular weight is 177 g/mol. The molecule has 0 fully saturated rings. The largest absolute Gasteiger partial charge is 0.391 e. The van der Waals surface area contributed by atoms with E-state index in [1.54, 1.807) is 11.6 Å². The van der Waals surface area contributed by atoms with Gasteiger partial charge in [-0.2, -0.15) is 0 Å². The van der Waals surface area contributed by atoms with E-state index in [0.717, 1.165) is 11.0 Å². The molecule has 1 heterocycles. The molecule has 2 rings (SSSR count). The number of rotatable bonds is 2.